The summed E-state index contributed by atoms with van der Waals surface area (Å²) in [5.74, 6) is -0.140. The van der Waals surface area contributed by atoms with Gasteiger partial charge in [0.05, 0.1) is 6.04 Å². The van der Waals surface area contributed by atoms with Gasteiger partial charge in [0.2, 0.25) is 5.91 Å². The smallest absolute Gasteiger partial charge is 0.408 e. The topological polar surface area (TPSA) is 78.9 Å². The van der Waals surface area contributed by atoms with Crippen LogP contribution in [0.5, 0.6) is 0 Å². The third-order valence-electron chi connectivity index (χ3n) is 6.18. The van der Waals surface area contributed by atoms with E-state index in [4.69, 9.17) is 4.74 Å². The molecule has 2 N–H and O–H groups in total. The first-order chi connectivity index (χ1) is 14.6. The molecule has 0 aliphatic carbocycles. The lowest BCUT2D eigenvalue weighted by Gasteiger charge is -2.49. The first-order valence-corrected chi connectivity index (χ1v) is 10.6. The predicted octanol–water partition coefficient (Wildman–Crippen LogP) is 3.34. The molecule has 6 nitrogen and oxygen atoms in total. The quantitative estimate of drug-likeness (QED) is 0.813. The van der Waals surface area contributed by atoms with Crippen LogP contribution in [0.3, 0.4) is 0 Å². The van der Waals surface area contributed by atoms with Gasteiger partial charge in [0.1, 0.15) is 18.2 Å². The average Bonchev–Trinajstić information content (AvgIpc) is 3.04. The standard InChI is InChI=1S/C24H28N2O4/c27-22-20(25-23(28)30-17-18-10-4-1-5-11-18)16-24(29,19-12-6-2-7-13-19)21-14-8-3-9-15-26(21)22/h1-2,4-7,10-13,20-21,29H,3,8-9,14-17H2,(H,25,28)/t20-,21+,24-/m0/s1. The fourth-order valence-electron chi connectivity index (χ4n) is 4.66. The van der Waals surface area contributed by atoms with Crippen molar-refractivity contribution >= 4 is 12.0 Å². The molecule has 2 aliphatic rings. The highest BCUT2D eigenvalue weighted by Gasteiger charge is 2.52. The van der Waals surface area contributed by atoms with E-state index in [1.165, 1.54) is 0 Å². The highest BCUT2D eigenvalue weighted by atomic mass is 16.5. The first kappa shape index (κ1) is 20.4. The van der Waals surface area contributed by atoms with Crippen LogP contribution in [0.25, 0.3) is 0 Å². The Morgan fingerprint density at radius 1 is 1.07 bits per heavy atom. The van der Waals surface area contributed by atoms with Crippen molar-refractivity contribution in [3.63, 3.8) is 0 Å². The molecule has 2 aromatic carbocycles. The third-order valence-corrected chi connectivity index (χ3v) is 6.18. The van der Waals surface area contributed by atoms with E-state index in [2.05, 4.69) is 5.32 Å². The lowest BCUT2D eigenvalue weighted by atomic mass is 9.75. The van der Waals surface area contributed by atoms with Gasteiger partial charge in [0.15, 0.2) is 0 Å². The number of amides is 2. The minimum Gasteiger partial charge on any atom is -0.445 e. The summed E-state index contributed by atoms with van der Waals surface area (Å²) in [7, 11) is 0. The van der Waals surface area contributed by atoms with Crippen molar-refractivity contribution in [3.05, 3.63) is 71.8 Å². The number of carbonyl (C=O) groups excluding carboxylic acids is 2. The number of alkyl carbamates (subject to hydrolysis) is 1. The SMILES string of the molecule is O=C(N[C@H]1C[C@](O)(c2ccccc2)[C@H]2CCCCCN2C1=O)OCc1ccccc1. The Morgan fingerprint density at radius 3 is 2.50 bits per heavy atom. The van der Waals surface area contributed by atoms with Gasteiger partial charge < -0.3 is 20.1 Å². The Morgan fingerprint density at radius 2 is 1.77 bits per heavy atom. The molecule has 6 heteroatoms. The van der Waals surface area contributed by atoms with Crippen LogP contribution < -0.4 is 5.32 Å². The largest absolute Gasteiger partial charge is 0.445 e. The number of nitrogens with zero attached hydrogens (tertiary/aromatic N) is 1. The van der Waals surface area contributed by atoms with Crippen molar-refractivity contribution in [2.24, 2.45) is 0 Å². The van der Waals surface area contributed by atoms with Crippen LogP contribution >= 0.6 is 0 Å². The number of ether oxygens (including phenoxy) is 1. The second-order valence-corrected chi connectivity index (χ2v) is 8.15. The van der Waals surface area contributed by atoms with Crippen LogP contribution in [0.4, 0.5) is 4.79 Å². The van der Waals surface area contributed by atoms with Crippen LogP contribution in [0.1, 0.15) is 43.2 Å². The fraction of sp³-hybridized carbons (Fsp3) is 0.417. The van der Waals surface area contributed by atoms with E-state index >= 15 is 0 Å². The van der Waals surface area contributed by atoms with Crippen LogP contribution in [-0.2, 0) is 21.7 Å². The molecule has 158 valence electrons. The number of benzene rings is 2. The summed E-state index contributed by atoms with van der Waals surface area (Å²) < 4.78 is 5.31. The highest BCUT2D eigenvalue weighted by Crippen LogP contribution is 2.41. The molecule has 2 amide bonds. The fourth-order valence-corrected chi connectivity index (χ4v) is 4.66. The predicted molar refractivity (Wildman–Crippen MR) is 112 cm³/mol. The summed E-state index contributed by atoms with van der Waals surface area (Å²) in [6.45, 7) is 0.721. The maximum Gasteiger partial charge on any atom is 0.408 e. The van der Waals surface area contributed by atoms with E-state index in [1.807, 2.05) is 60.7 Å². The van der Waals surface area contributed by atoms with Gasteiger partial charge in [0.25, 0.3) is 0 Å². The van der Waals surface area contributed by atoms with Crippen molar-refractivity contribution in [1.82, 2.24) is 10.2 Å². The number of hydrogen-bond acceptors (Lipinski definition) is 4. The molecule has 0 spiro atoms. The van der Waals surface area contributed by atoms with Crippen molar-refractivity contribution in [1.29, 1.82) is 0 Å². The summed E-state index contributed by atoms with van der Waals surface area (Å²) >= 11 is 0. The Hall–Kier alpha value is -2.86. The zero-order valence-electron chi connectivity index (χ0n) is 17.0. The van der Waals surface area contributed by atoms with Crippen LogP contribution in [-0.4, -0.2) is 40.6 Å². The molecule has 2 fully saturated rings. The zero-order chi connectivity index (χ0) is 21.0. The van der Waals surface area contributed by atoms with E-state index in [-0.39, 0.29) is 25.0 Å². The monoisotopic (exact) mass is 408 g/mol. The van der Waals surface area contributed by atoms with Gasteiger partial charge in [-0.05, 0) is 24.0 Å². The Balaban J connectivity index is 1.53. The number of carbonyl (C=O) groups is 2. The Kier molecular flexibility index (Phi) is 6.04. The number of hydrogen-bond donors (Lipinski definition) is 2. The summed E-state index contributed by atoms with van der Waals surface area (Å²) in [4.78, 5) is 27.4. The summed E-state index contributed by atoms with van der Waals surface area (Å²) in [5.41, 5.74) is 0.437. The minimum absolute atomic E-state index is 0.128. The van der Waals surface area contributed by atoms with Gasteiger partial charge in [-0.3, -0.25) is 4.79 Å². The second-order valence-electron chi connectivity index (χ2n) is 8.15. The van der Waals surface area contributed by atoms with Crippen LogP contribution in [0, 0.1) is 0 Å². The average molecular weight is 408 g/mol. The van der Waals surface area contributed by atoms with E-state index < -0.39 is 17.7 Å². The normalized spacial score (nSPS) is 26.4. The molecule has 2 saturated heterocycles. The van der Waals surface area contributed by atoms with Crippen LogP contribution in [0.2, 0.25) is 0 Å². The van der Waals surface area contributed by atoms with Gasteiger partial charge in [-0.1, -0.05) is 73.5 Å². The molecule has 4 rings (SSSR count). The lowest BCUT2D eigenvalue weighted by Crippen LogP contribution is -2.65. The molecule has 2 aromatic rings. The summed E-state index contributed by atoms with van der Waals surface area (Å²) in [6.07, 6.45) is 3.14. The Labute approximate surface area is 176 Å². The summed E-state index contributed by atoms with van der Waals surface area (Å²) in [5, 5.41) is 14.5. The van der Waals surface area contributed by atoms with Crippen molar-refractivity contribution in [3.8, 4) is 0 Å². The van der Waals surface area contributed by atoms with Crippen molar-refractivity contribution < 1.29 is 19.4 Å². The second kappa shape index (κ2) is 8.88. The molecule has 0 aromatic heterocycles. The number of nitrogens with one attached hydrogen (secondary N) is 1. The minimum atomic E-state index is -1.21. The molecule has 3 atom stereocenters. The number of fused-ring (bicyclic) bond motifs is 1. The summed E-state index contributed by atoms with van der Waals surface area (Å²) in [6, 6.07) is 17.7. The number of aliphatic hydroxyl groups is 1. The van der Waals surface area contributed by atoms with Gasteiger partial charge >= 0.3 is 6.09 Å². The molecule has 0 saturated carbocycles. The van der Waals surface area contributed by atoms with Gasteiger partial charge in [-0.2, -0.15) is 0 Å². The third kappa shape index (κ3) is 4.19. The first-order valence-electron chi connectivity index (χ1n) is 10.6. The van der Waals surface area contributed by atoms with E-state index in [1.54, 1.807) is 4.90 Å². The van der Waals surface area contributed by atoms with E-state index in [0.717, 1.165) is 36.8 Å². The molecular weight excluding hydrogens is 380 g/mol. The maximum absolute atomic E-state index is 13.2. The van der Waals surface area contributed by atoms with Gasteiger partial charge in [-0.15, -0.1) is 0 Å². The van der Waals surface area contributed by atoms with Gasteiger partial charge in [-0.25, -0.2) is 4.79 Å². The molecule has 2 heterocycles. The molecule has 30 heavy (non-hydrogen) atoms. The number of piperidine rings is 1. The van der Waals surface area contributed by atoms with Crippen molar-refractivity contribution in [2.45, 2.75) is 56.4 Å². The molecule has 2 aliphatic heterocycles. The lowest BCUT2D eigenvalue weighted by molar-refractivity contribution is -0.158. The van der Waals surface area contributed by atoms with Gasteiger partial charge in [0, 0.05) is 13.0 Å². The van der Waals surface area contributed by atoms with E-state index in [9.17, 15) is 14.7 Å². The molecule has 0 unspecified atom stereocenters. The molecular formula is C24H28N2O4. The van der Waals surface area contributed by atoms with Crippen LogP contribution in [0.15, 0.2) is 60.7 Å². The Bertz CT molecular complexity index is 873. The number of rotatable bonds is 4. The van der Waals surface area contributed by atoms with E-state index in [0.29, 0.717) is 6.54 Å². The molecule has 0 radical (unpaired) electrons. The zero-order valence-corrected chi connectivity index (χ0v) is 17.0. The highest BCUT2D eigenvalue weighted by molar-refractivity contribution is 5.87. The van der Waals surface area contributed by atoms with Crippen molar-refractivity contribution in [2.75, 3.05) is 6.54 Å². The molecule has 0 bridgehead atoms. The maximum atomic E-state index is 13.2.